The Morgan fingerprint density at radius 2 is 1.55 bits per heavy atom. The van der Waals surface area contributed by atoms with Crippen molar-refractivity contribution in [1.82, 2.24) is 0 Å². The monoisotopic (exact) mass is 381 g/mol. The standard InChI is InChI=1S/C25H23N3O/c1-24(2)21-11-7-8-12-22(21)28(3)25(24)16-15-18-17-20(13-14-23(18)29-25)27-26-19-9-5-4-6-10-19/h4-17H,1-3H3. The molecule has 2 aliphatic rings. The van der Waals surface area contributed by atoms with E-state index >= 15 is 0 Å². The van der Waals surface area contributed by atoms with E-state index < -0.39 is 5.72 Å². The predicted molar refractivity (Wildman–Crippen MR) is 117 cm³/mol. The number of likely N-dealkylation sites (N-methyl/N-ethyl adjacent to an activating group) is 1. The van der Waals surface area contributed by atoms with Gasteiger partial charge >= 0.3 is 0 Å². The molecule has 1 unspecified atom stereocenters. The van der Waals surface area contributed by atoms with Crippen LogP contribution >= 0.6 is 0 Å². The van der Waals surface area contributed by atoms with Crippen molar-refractivity contribution in [3.8, 4) is 5.75 Å². The molecule has 2 aliphatic heterocycles. The lowest BCUT2D eigenvalue weighted by atomic mass is 9.76. The zero-order valence-electron chi connectivity index (χ0n) is 16.8. The van der Waals surface area contributed by atoms with Crippen LogP contribution in [0.4, 0.5) is 17.1 Å². The quantitative estimate of drug-likeness (QED) is 0.467. The van der Waals surface area contributed by atoms with E-state index in [0.29, 0.717) is 0 Å². The second-order valence-electron chi connectivity index (χ2n) is 8.09. The third kappa shape index (κ3) is 2.59. The van der Waals surface area contributed by atoms with Crippen molar-refractivity contribution in [2.45, 2.75) is 25.0 Å². The summed E-state index contributed by atoms with van der Waals surface area (Å²) in [7, 11) is 2.10. The van der Waals surface area contributed by atoms with Crippen LogP contribution in [0.3, 0.4) is 0 Å². The molecular formula is C25H23N3O. The van der Waals surface area contributed by atoms with Gasteiger partial charge in [-0.2, -0.15) is 10.2 Å². The van der Waals surface area contributed by atoms with Gasteiger partial charge in [0.1, 0.15) is 5.75 Å². The third-order valence-electron chi connectivity index (χ3n) is 6.12. The van der Waals surface area contributed by atoms with Gasteiger partial charge in [0.15, 0.2) is 0 Å². The smallest absolute Gasteiger partial charge is 0.211 e. The highest BCUT2D eigenvalue weighted by molar-refractivity contribution is 5.73. The van der Waals surface area contributed by atoms with E-state index in [9.17, 15) is 0 Å². The van der Waals surface area contributed by atoms with Crippen LogP contribution in [0.25, 0.3) is 6.08 Å². The first-order valence-electron chi connectivity index (χ1n) is 9.84. The van der Waals surface area contributed by atoms with Crippen molar-refractivity contribution in [2.75, 3.05) is 11.9 Å². The number of azo groups is 1. The zero-order chi connectivity index (χ0) is 20.1. The molecule has 2 heterocycles. The van der Waals surface area contributed by atoms with E-state index in [-0.39, 0.29) is 5.41 Å². The lowest BCUT2D eigenvalue weighted by Crippen LogP contribution is -2.58. The molecule has 0 aliphatic carbocycles. The van der Waals surface area contributed by atoms with Gasteiger partial charge < -0.3 is 9.64 Å². The van der Waals surface area contributed by atoms with Crippen molar-refractivity contribution < 1.29 is 4.74 Å². The second-order valence-corrected chi connectivity index (χ2v) is 8.09. The van der Waals surface area contributed by atoms with Gasteiger partial charge in [-0.15, -0.1) is 0 Å². The molecule has 4 heteroatoms. The van der Waals surface area contributed by atoms with Gasteiger partial charge in [-0.05, 0) is 68.0 Å². The first-order chi connectivity index (χ1) is 14.0. The van der Waals surface area contributed by atoms with E-state index in [1.807, 2.05) is 48.5 Å². The fourth-order valence-corrected chi connectivity index (χ4v) is 4.44. The Labute approximate surface area is 171 Å². The SMILES string of the molecule is CN1c2ccccc2C(C)(C)C12C=Cc1cc(N=Nc3ccccc3)ccc1O2. The lowest BCUT2D eigenvalue weighted by molar-refractivity contribution is 0.0582. The number of fused-ring (bicyclic) bond motifs is 2. The van der Waals surface area contributed by atoms with Gasteiger partial charge in [-0.25, -0.2) is 0 Å². The van der Waals surface area contributed by atoms with Crippen molar-refractivity contribution >= 4 is 23.1 Å². The summed E-state index contributed by atoms with van der Waals surface area (Å²) in [6.45, 7) is 4.49. The number of hydrogen-bond donors (Lipinski definition) is 0. The van der Waals surface area contributed by atoms with Crippen LogP contribution in [0, 0.1) is 0 Å². The summed E-state index contributed by atoms with van der Waals surface area (Å²) in [6.07, 6.45) is 4.32. The van der Waals surface area contributed by atoms with Gasteiger partial charge in [0.05, 0.1) is 16.8 Å². The van der Waals surface area contributed by atoms with E-state index in [1.54, 1.807) is 0 Å². The zero-order valence-corrected chi connectivity index (χ0v) is 16.8. The largest absolute Gasteiger partial charge is 0.463 e. The molecule has 1 atom stereocenters. The van der Waals surface area contributed by atoms with Crippen molar-refractivity contribution in [2.24, 2.45) is 10.2 Å². The molecule has 0 amide bonds. The molecule has 1 spiro atoms. The maximum atomic E-state index is 6.68. The van der Waals surface area contributed by atoms with Crippen molar-refractivity contribution in [3.05, 3.63) is 90.0 Å². The molecule has 144 valence electrons. The summed E-state index contributed by atoms with van der Waals surface area (Å²) in [6, 6.07) is 24.2. The number of rotatable bonds is 2. The highest BCUT2D eigenvalue weighted by atomic mass is 16.5. The van der Waals surface area contributed by atoms with E-state index in [4.69, 9.17) is 4.74 Å². The highest BCUT2D eigenvalue weighted by Gasteiger charge is 2.57. The fourth-order valence-electron chi connectivity index (χ4n) is 4.44. The first-order valence-corrected chi connectivity index (χ1v) is 9.84. The number of para-hydroxylation sites is 1. The lowest BCUT2D eigenvalue weighted by Gasteiger charge is -2.45. The maximum Gasteiger partial charge on any atom is 0.211 e. The third-order valence-corrected chi connectivity index (χ3v) is 6.12. The number of anilines is 1. The van der Waals surface area contributed by atoms with E-state index in [2.05, 4.69) is 72.4 Å². The van der Waals surface area contributed by atoms with E-state index in [1.165, 1.54) is 11.3 Å². The minimum absolute atomic E-state index is 0.196. The molecule has 0 radical (unpaired) electrons. The first kappa shape index (κ1) is 17.7. The minimum Gasteiger partial charge on any atom is -0.463 e. The Morgan fingerprint density at radius 3 is 2.34 bits per heavy atom. The molecule has 3 aromatic carbocycles. The average Bonchev–Trinajstić information content (AvgIpc) is 2.92. The van der Waals surface area contributed by atoms with Gasteiger partial charge in [0.2, 0.25) is 5.72 Å². The van der Waals surface area contributed by atoms with Crippen LogP contribution in [0.2, 0.25) is 0 Å². The molecule has 0 bridgehead atoms. The number of hydrogen-bond acceptors (Lipinski definition) is 4. The Balaban J connectivity index is 1.49. The molecule has 0 saturated heterocycles. The molecule has 0 N–H and O–H groups in total. The Kier molecular flexibility index (Phi) is 3.85. The number of nitrogens with zero attached hydrogens (tertiary/aromatic N) is 3. The van der Waals surface area contributed by atoms with Gasteiger partial charge in [-0.3, -0.25) is 0 Å². The summed E-state index contributed by atoms with van der Waals surface area (Å²) < 4.78 is 6.68. The topological polar surface area (TPSA) is 37.2 Å². The van der Waals surface area contributed by atoms with Crippen LogP contribution in [-0.4, -0.2) is 12.8 Å². The number of ether oxygens (including phenoxy) is 1. The number of benzene rings is 3. The Hall–Kier alpha value is -3.40. The second kappa shape index (κ2) is 6.31. The maximum absolute atomic E-state index is 6.68. The molecule has 5 rings (SSSR count). The molecule has 0 aromatic heterocycles. The van der Waals surface area contributed by atoms with Crippen molar-refractivity contribution in [3.63, 3.8) is 0 Å². The summed E-state index contributed by atoms with van der Waals surface area (Å²) >= 11 is 0. The average molecular weight is 381 g/mol. The molecule has 29 heavy (non-hydrogen) atoms. The van der Waals surface area contributed by atoms with Crippen molar-refractivity contribution in [1.29, 1.82) is 0 Å². The van der Waals surface area contributed by atoms with Crippen LogP contribution in [0.1, 0.15) is 25.0 Å². The van der Waals surface area contributed by atoms with E-state index in [0.717, 1.165) is 22.7 Å². The van der Waals surface area contributed by atoms with Gasteiger partial charge in [-0.1, -0.05) is 36.4 Å². The molecule has 0 saturated carbocycles. The summed E-state index contributed by atoms with van der Waals surface area (Å²) in [5.74, 6) is 0.860. The van der Waals surface area contributed by atoms with Gasteiger partial charge in [0, 0.05) is 18.3 Å². The normalized spacial score (nSPS) is 21.3. The van der Waals surface area contributed by atoms with Crippen LogP contribution < -0.4 is 9.64 Å². The van der Waals surface area contributed by atoms with Crippen LogP contribution in [0.15, 0.2) is 89.1 Å². The molecular weight excluding hydrogens is 358 g/mol. The summed E-state index contributed by atoms with van der Waals surface area (Å²) in [5.41, 5.74) is 4.40. The molecule has 4 nitrogen and oxygen atoms in total. The Bertz CT molecular complexity index is 1130. The summed E-state index contributed by atoms with van der Waals surface area (Å²) in [5, 5.41) is 8.69. The Morgan fingerprint density at radius 1 is 0.828 bits per heavy atom. The molecule has 3 aromatic rings. The van der Waals surface area contributed by atoms with Crippen LogP contribution in [-0.2, 0) is 5.41 Å². The minimum atomic E-state index is -0.559. The fraction of sp³-hybridized carbons (Fsp3) is 0.200. The van der Waals surface area contributed by atoms with Gasteiger partial charge in [0.25, 0.3) is 0 Å². The highest BCUT2D eigenvalue weighted by Crippen LogP contribution is 2.54. The van der Waals surface area contributed by atoms with Crippen LogP contribution in [0.5, 0.6) is 5.75 Å². The predicted octanol–water partition coefficient (Wildman–Crippen LogP) is 6.63. The summed E-state index contributed by atoms with van der Waals surface area (Å²) in [4.78, 5) is 2.24. The molecule has 0 fully saturated rings.